The van der Waals surface area contributed by atoms with E-state index in [-0.39, 0.29) is 30.3 Å². The van der Waals surface area contributed by atoms with Crippen molar-refractivity contribution in [1.82, 2.24) is 14.4 Å². The highest BCUT2D eigenvalue weighted by atomic mass is 79.9. The van der Waals surface area contributed by atoms with Gasteiger partial charge in [0.2, 0.25) is 11.8 Å². The normalized spacial score (nSPS) is 17.0. The first-order valence-corrected chi connectivity index (χ1v) is 14.8. The third kappa shape index (κ3) is 7.93. The molecule has 2 fully saturated rings. The zero-order chi connectivity index (χ0) is 26.0. The molecule has 0 bridgehead atoms. The Bertz CT molecular complexity index is 994. The van der Waals surface area contributed by atoms with Crippen LogP contribution < -0.4 is 0 Å². The molecule has 37 heavy (non-hydrogen) atoms. The highest BCUT2D eigenvalue weighted by Gasteiger charge is 2.31. The zero-order valence-electron chi connectivity index (χ0n) is 22.2. The SMILES string of the molecule is COCCN(CC(=O)N(Cc1cccn1Cc1ccc(Br)cc1)C1CCCCC1)C(=O)C1CCCCC1. The first-order chi connectivity index (χ1) is 18.0. The summed E-state index contributed by atoms with van der Waals surface area (Å²) >= 11 is 3.51. The number of hydrogen-bond donors (Lipinski definition) is 0. The average molecular weight is 573 g/mol. The number of halogens is 1. The van der Waals surface area contributed by atoms with E-state index < -0.39 is 0 Å². The van der Waals surface area contributed by atoms with Crippen LogP contribution in [0.2, 0.25) is 0 Å². The van der Waals surface area contributed by atoms with Crippen LogP contribution >= 0.6 is 15.9 Å². The van der Waals surface area contributed by atoms with Crippen LogP contribution in [0.3, 0.4) is 0 Å². The van der Waals surface area contributed by atoms with Crippen molar-refractivity contribution >= 4 is 27.7 Å². The molecule has 7 heteroatoms. The number of amides is 2. The number of hydrogen-bond acceptors (Lipinski definition) is 3. The minimum absolute atomic E-state index is 0.0460. The van der Waals surface area contributed by atoms with Crippen LogP contribution in [0.25, 0.3) is 0 Å². The highest BCUT2D eigenvalue weighted by molar-refractivity contribution is 9.10. The van der Waals surface area contributed by atoms with Crippen molar-refractivity contribution < 1.29 is 14.3 Å². The van der Waals surface area contributed by atoms with Gasteiger partial charge in [-0.25, -0.2) is 0 Å². The smallest absolute Gasteiger partial charge is 0.242 e. The van der Waals surface area contributed by atoms with Gasteiger partial charge in [0.15, 0.2) is 0 Å². The fourth-order valence-electron chi connectivity index (χ4n) is 5.85. The topological polar surface area (TPSA) is 54.8 Å². The second-order valence-corrected chi connectivity index (χ2v) is 11.6. The molecule has 1 aromatic carbocycles. The maximum Gasteiger partial charge on any atom is 0.242 e. The molecule has 0 radical (unpaired) electrons. The summed E-state index contributed by atoms with van der Waals surface area (Å²) in [6, 6.07) is 12.8. The van der Waals surface area contributed by atoms with Gasteiger partial charge in [-0.1, -0.05) is 66.6 Å². The first-order valence-electron chi connectivity index (χ1n) is 14.0. The van der Waals surface area contributed by atoms with E-state index in [1.165, 1.54) is 18.4 Å². The Morgan fingerprint density at radius 2 is 1.65 bits per heavy atom. The lowest BCUT2D eigenvalue weighted by Crippen LogP contribution is -2.49. The summed E-state index contributed by atoms with van der Waals surface area (Å²) in [5.74, 6) is 0.237. The number of carbonyl (C=O) groups excluding carboxylic acids is 2. The van der Waals surface area contributed by atoms with Crippen molar-refractivity contribution in [2.45, 2.75) is 83.3 Å². The first kappa shape index (κ1) is 27.9. The third-order valence-corrected chi connectivity index (χ3v) is 8.54. The van der Waals surface area contributed by atoms with Gasteiger partial charge >= 0.3 is 0 Å². The molecule has 0 aliphatic heterocycles. The maximum atomic E-state index is 13.9. The Balaban J connectivity index is 1.50. The molecule has 0 saturated heterocycles. The number of rotatable bonds is 11. The second-order valence-electron chi connectivity index (χ2n) is 10.7. The van der Waals surface area contributed by atoms with Gasteiger partial charge in [-0.15, -0.1) is 0 Å². The van der Waals surface area contributed by atoms with Crippen molar-refractivity contribution in [1.29, 1.82) is 0 Å². The van der Waals surface area contributed by atoms with Crippen molar-refractivity contribution in [3.05, 3.63) is 58.3 Å². The molecule has 1 aromatic heterocycles. The van der Waals surface area contributed by atoms with E-state index in [0.717, 1.165) is 68.1 Å². The molecular formula is C30H42BrN3O3. The standard InChI is InChI=1S/C30H42BrN3O3/c1-37-20-19-33(30(36)25-9-4-2-5-10-25)23-29(35)34(27-11-6-3-7-12-27)22-28-13-8-18-32(28)21-24-14-16-26(31)17-15-24/h8,13-18,25,27H,2-7,9-12,19-23H2,1H3. The molecule has 2 aliphatic carbocycles. The number of methoxy groups -OCH3 is 1. The van der Waals surface area contributed by atoms with Gasteiger partial charge < -0.3 is 19.1 Å². The summed E-state index contributed by atoms with van der Waals surface area (Å²) < 4.78 is 8.61. The van der Waals surface area contributed by atoms with Gasteiger partial charge in [-0.2, -0.15) is 0 Å². The van der Waals surface area contributed by atoms with Crippen LogP contribution in [0.4, 0.5) is 0 Å². The Morgan fingerprint density at radius 3 is 2.32 bits per heavy atom. The van der Waals surface area contributed by atoms with Gasteiger partial charge in [0.1, 0.15) is 0 Å². The second kappa shape index (κ2) is 14.1. The lowest BCUT2D eigenvalue weighted by atomic mass is 9.88. The zero-order valence-corrected chi connectivity index (χ0v) is 23.8. The number of nitrogens with zero attached hydrogens (tertiary/aromatic N) is 3. The Morgan fingerprint density at radius 1 is 0.973 bits per heavy atom. The minimum Gasteiger partial charge on any atom is -0.383 e. The van der Waals surface area contributed by atoms with Crippen molar-refractivity contribution in [3.8, 4) is 0 Å². The predicted octanol–water partition coefficient (Wildman–Crippen LogP) is 6.02. The molecule has 1 heterocycles. The maximum absolute atomic E-state index is 13.9. The summed E-state index contributed by atoms with van der Waals surface area (Å²) in [6.07, 6.45) is 13.0. The number of benzene rings is 1. The molecule has 2 saturated carbocycles. The molecule has 0 N–H and O–H groups in total. The minimum atomic E-state index is 0.0460. The summed E-state index contributed by atoms with van der Waals surface area (Å²) in [5, 5.41) is 0. The molecule has 2 aromatic rings. The van der Waals surface area contributed by atoms with E-state index in [1.54, 1.807) is 12.0 Å². The van der Waals surface area contributed by atoms with Crippen LogP contribution in [0, 0.1) is 5.92 Å². The molecule has 2 amide bonds. The fraction of sp³-hybridized carbons (Fsp3) is 0.600. The fourth-order valence-corrected chi connectivity index (χ4v) is 6.12. The summed E-state index contributed by atoms with van der Waals surface area (Å²) in [4.78, 5) is 31.2. The van der Waals surface area contributed by atoms with E-state index in [0.29, 0.717) is 19.7 Å². The third-order valence-electron chi connectivity index (χ3n) is 8.02. The lowest BCUT2D eigenvalue weighted by Gasteiger charge is -2.37. The van der Waals surface area contributed by atoms with E-state index in [4.69, 9.17) is 4.74 Å². The average Bonchev–Trinajstić information content (AvgIpc) is 3.37. The Hall–Kier alpha value is -2.12. The quantitative estimate of drug-likeness (QED) is 0.331. The summed E-state index contributed by atoms with van der Waals surface area (Å²) in [7, 11) is 1.65. The molecule has 202 valence electrons. The van der Waals surface area contributed by atoms with Crippen LogP contribution in [0.5, 0.6) is 0 Å². The van der Waals surface area contributed by atoms with E-state index in [2.05, 4.69) is 68.0 Å². The van der Waals surface area contributed by atoms with Gasteiger partial charge in [-0.05, 0) is 55.5 Å². The number of ether oxygens (including phenoxy) is 1. The van der Waals surface area contributed by atoms with Gasteiger partial charge in [0.05, 0.1) is 19.7 Å². The van der Waals surface area contributed by atoms with Crippen LogP contribution in [-0.2, 0) is 27.4 Å². The van der Waals surface area contributed by atoms with Crippen LogP contribution in [0.15, 0.2) is 47.1 Å². The summed E-state index contributed by atoms with van der Waals surface area (Å²) in [6.45, 7) is 2.40. The molecule has 0 atom stereocenters. The van der Waals surface area contributed by atoms with Crippen molar-refractivity contribution in [2.24, 2.45) is 5.92 Å². The number of aromatic nitrogens is 1. The molecule has 0 unspecified atom stereocenters. The van der Waals surface area contributed by atoms with Crippen molar-refractivity contribution in [2.75, 3.05) is 26.8 Å². The predicted molar refractivity (Wildman–Crippen MR) is 150 cm³/mol. The van der Waals surface area contributed by atoms with E-state index >= 15 is 0 Å². The van der Waals surface area contributed by atoms with Gasteiger partial charge in [0, 0.05) is 48.5 Å². The molecule has 4 rings (SSSR count). The monoisotopic (exact) mass is 571 g/mol. The Labute approximate surface area is 230 Å². The highest BCUT2D eigenvalue weighted by Crippen LogP contribution is 2.27. The van der Waals surface area contributed by atoms with E-state index in [9.17, 15) is 9.59 Å². The molecule has 2 aliphatic rings. The van der Waals surface area contributed by atoms with E-state index in [1.807, 2.05) is 0 Å². The molecule has 6 nitrogen and oxygen atoms in total. The van der Waals surface area contributed by atoms with Gasteiger partial charge in [0.25, 0.3) is 0 Å². The van der Waals surface area contributed by atoms with Crippen LogP contribution in [0.1, 0.15) is 75.5 Å². The number of carbonyl (C=O) groups is 2. The summed E-state index contributed by atoms with van der Waals surface area (Å²) in [5.41, 5.74) is 2.35. The molecule has 0 spiro atoms. The molecular weight excluding hydrogens is 530 g/mol. The van der Waals surface area contributed by atoms with Crippen molar-refractivity contribution in [3.63, 3.8) is 0 Å². The van der Waals surface area contributed by atoms with Gasteiger partial charge in [-0.3, -0.25) is 9.59 Å². The Kier molecular flexibility index (Phi) is 10.7. The lowest BCUT2D eigenvalue weighted by molar-refractivity contribution is -0.146. The largest absolute Gasteiger partial charge is 0.383 e. The van der Waals surface area contributed by atoms with Crippen LogP contribution in [-0.4, -0.2) is 59.0 Å².